The number of sulfone groups is 1. The van der Waals surface area contributed by atoms with E-state index < -0.39 is 9.84 Å². The maximum Gasteiger partial charge on any atom is 0.179 e. The zero-order valence-electron chi connectivity index (χ0n) is 11.4. The van der Waals surface area contributed by atoms with E-state index in [9.17, 15) is 8.42 Å². The van der Waals surface area contributed by atoms with Crippen molar-refractivity contribution in [3.63, 3.8) is 0 Å². The van der Waals surface area contributed by atoms with Crippen molar-refractivity contribution >= 4 is 21.4 Å². The van der Waals surface area contributed by atoms with Gasteiger partial charge in [-0.05, 0) is 48.9 Å². The molecule has 0 fully saturated rings. The van der Waals surface area contributed by atoms with E-state index >= 15 is 0 Å². The molecule has 2 rings (SSSR count). The van der Waals surface area contributed by atoms with Crippen molar-refractivity contribution in [3.05, 3.63) is 52.5 Å². The van der Waals surface area contributed by atoms with Gasteiger partial charge >= 0.3 is 0 Å². The zero-order chi connectivity index (χ0) is 15.6. The van der Waals surface area contributed by atoms with E-state index in [0.717, 1.165) is 11.8 Å². The minimum atomic E-state index is -3.52. The standard InChI is InChI=1S/C15H12ClNO3S/c1-10-5-12(16)8-13(6-10)20-14-4-3-11(9-17)7-15(14)21(2,18)19/h3-8H,1-2H3. The summed E-state index contributed by atoms with van der Waals surface area (Å²) in [5, 5.41) is 9.38. The first-order chi connectivity index (χ1) is 9.79. The average molecular weight is 322 g/mol. The quantitative estimate of drug-likeness (QED) is 0.864. The third kappa shape index (κ3) is 3.75. The van der Waals surface area contributed by atoms with Crippen LogP contribution in [0.1, 0.15) is 11.1 Å². The largest absolute Gasteiger partial charge is 0.456 e. The van der Waals surface area contributed by atoms with Gasteiger partial charge in [-0.1, -0.05) is 11.6 Å². The SMILES string of the molecule is Cc1cc(Cl)cc(Oc2ccc(C#N)cc2S(C)(=O)=O)c1. The highest BCUT2D eigenvalue weighted by atomic mass is 35.5. The molecule has 2 aromatic carbocycles. The summed E-state index contributed by atoms with van der Waals surface area (Å²) in [6, 6.07) is 11.3. The van der Waals surface area contributed by atoms with Gasteiger partial charge in [-0.3, -0.25) is 0 Å². The second-order valence-electron chi connectivity index (χ2n) is 4.61. The number of benzene rings is 2. The van der Waals surface area contributed by atoms with Crippen LogP contribution in [0, 0.1) is 18.3 Å². The summed E-state index contributed by atoms with van der Waals surface area (Å²) in [6.07, 6.45) is 1.07. The van der Waals surface area contributed by atoms with Crippen LogP contribution < -0.4 is 4.74 Å². The predicted octanol–water partition coefficient (Wildman–Crippen LogP) is 3.72. The highest BCUT2D eigenvalue weighted by molar-refractivity contribution is 7.90. The Labute approximate surface area is 128 Å². The lowest BCUT2D eigenvalue weighted by Crippen LogP contribution is -2.01. The molecule has 0 N–H and O–H groups in total. The van der Waals surface area contributed by atoms with Gasteiger partial charge in [0.25, 0.3) is 0 Å². The van der Waals surface area contributed by atoms with Crippen molar-refractivity contribution in [1.82, 2.24) is 0 Å². The Morgan fingerprint density at radius 1 is 1.19 bits per heavy atom. The zero-order valence-corrected chi connectivity index (χ0v) is 13.0. The number of hydrogen-bond acceptors (Lipinski definition) is 4. The first kappa shape index (κ1) is 15.4. The van der Waals surface area contributed by atoms with Gasteiger partial charge in [-0.25, -0.2) is 8.42 Å². The normalized spacial score (nSPS) is 11.0. The number of ether oxygens (including phenoxy) is 1. The fourth-order valence-corrected chi connectivity index (χ4v) is 2.94. The van der Waals surface area contributed by atoms with E-state index in [1.54, 1.807) is 18.2 Å². The van der Waals surface area contributed by atoms with Crippen molar-refractivity contribution in [2.24, 2.45) is 0 Å². The van der Waals surface area contributed by atoms with Crippen LogP contribution in [0.25, 0.3) is 0 Å². The lowest BCUT2D eigenvalue weighted by atomic mass is 10.2. The summed E-state index contributed by atoms with van der Waals surface area (Å²) in [4.78, 5) is -0.0285. The Balaban J connectivity index is 2.52. The fourth-order valence-electron chi connectivity index (χ4n) is 1.84. The van der Waals surface area contributed by atoms with Crippen molar-refractivity contribution in [3.8, 4) is 17.6 Å². The summed E-state index contributed by atoms with van der Waals surface area (Å²) in [5.74, 6) is 0.604. The first-order valence-electron chi connectivity index (χ1n) is 5.99. The van der Waals surface area contributed by atoms with Gasteiger partial charge in [0.05, 0.1) is 11.6 Å². The molecule has 0 aliphatic rings. The number of halogens is 1. The third-order valence-corrected chi connectivity index (χ3v) is 4.05. The number of nitriles is 1. The molecule has 4 nitrogen and oxygen atoms in total. The van der Waals surface area contributed by atoms with Crippen molar-refractivity contribution in [1.29, 1.82) is 5.26 Å². The average Bonchev–Trinajstić information content (AvgIpc) is 2.36. The highest BCUT2D eigenvalue weighted by Gasteiger charge is 2.16. The number of nitrogens with zero attached hydrogens (tertiary/aromatic N) is 1. The maximum atomic E-state index is 11.8. The minimum Gasteiger partial charge on any atom is -0.456 e. The summed E-state index contributed by atoms with van der Waals surface area (Å²) >= 11 is 5.95. The van der Waals surface area contributed by atoms with E-state index in [-0.39, 0.29) is 16.2 Å². The highest BCUT2D eigenvalue weighted by Crippen LogP contribution is 2.31. The number of rotatable bonds is 3. The number of hydrogen-bond donors (Lipinski definition) is 0. The van der Waals surface area contributed by atoms with Gasteiger partial charge in [-0.2, -0.15) is 5.26 Å². The Hall–Kier alpha value is -2.03. The van der Waals surface area contributed by atoms with Crippen LogP contribution in [-0.4, -0.2) is 14.7 Å². The van der Waals surface area contributed by atoms with E-state index in [1.165, 1.54) is 18.2 Å². The van der Waals surface area contributed by atoms with Gasteiger partial charge in [0, 0.05) is 11.3 Å². The van der Waals surface area contributed by atoms with Gasteiger partial charge in [0.1, 0.15) is 16.4 Å². The molecule has 0 saturated heterocycles. The van der Waals surface area contributed by atoms with Crippen LogP contribution in [0.4, 0.5) is 0 Å². The second-order valence-corrected chi connectivity index (χ2v) is 7.03. The molecule has 0 atom stereocenters. The third-order valence-electron chi connectivity index (χ3n) is 2.72. The van der Waals surface area contributed by atoms with Crippen molar-refractivity contribution in [2.45, 2.75) is 11.8 Å². The van der Waals surface area contributed by atoms with Gasteiger partial charge in [0.15, 0.2) is 9.84 Å². The molecule has 108 valence electrons. The molecule has 0 aliphatic carbocycles. The van der Waals surface area contributed by atoms with Crippen LogP contribution >= 0.6 is 11.6 Å². The monoisotopic (exact) mass is 321 g/mol. The molecule has 0 spiro atoms. The molecule has 0 heterocycles. The molecule has 0 radical (unpaired) electrons. The molecule has 21 heavy (non-hydrogen) atoms. The molecule has 0 unspecified atom stereocenters. The number of aryl methyl sites for hydroxylation is 1. The van der Waals surface area contributed by atoms with Gasteiger partial charge in [0.2, 0.25) is 0 Å². The fraction of sp³-hybridized carbons (Fsp3) is 0.133. The minimum absolute atomic E-state index is 0.0285. The molecule has 0 bridgehead atoms. The molecule has 0 aromatic heterocycles. The Kier molecular flexibility index (Phi) is 4.21. The van der Waals surface area contributed by atoms with Crippen LogP contribution in [-0.2, 0) is 9.84 Å². The molecule has 0 aliphatic heterocycles. The topological polar surface area (TPSA) is 67.2 Å². The molecular weight excluding hydrogens is 310 g/mol. The van der Waals surface area contributed by atoms with E-state index in [1.807, 2.05) is 13.0 Å². The van der Waals surface area contributed by atoms with Crippen LogP contribution in [0.3, 0.4) is 0 Å². The Morgan fingerprint density at radius 2 is 1.90 bits per heavy atom. The lowest BCUT2D eigenvalue weighted by molar-refractivity contribution is 0.467. The summed E-state index contributed by atoms with van der Waals surface area (Å²) in [5.41, 5.74) is 1.15. The molecule has 2 aromatic rings. The van der Waals surface area contributed by atoms with Gasteiger partial charge in [-0.15, -0.1) is 0 Å². The lowest BCUT2D eigenvalue weighted by Gasteiger charge is -2.11. The van der Waals surface area contributed by atoms with Crippen LogP contribution in [0.15, 0.2) is 41.3 Å². The summed E-state index contributed by atoms with van der Waals surface area (Å²) in [7, 11) is -3.52. The van der Waals surface area contributed by atoms with Crippen molar-refractivity contribution in [2.75, 3.05) is 6.26 Å². The van der Waals surface area contributed by atoms with Crippen LogP contribution in [0.2, 0.25) is 5.02 Å². The summed E-state index contributed by atoms with van der Waals surface area (Å²) < 4.78 is 29.3. The predicted molar refractivity (Wildman–Crippen MR) is 80.5 cm³/mol. The van der Waals surface area contributed by atoms with E-state index in [0.29, 0.717) is 10.8 Å². The molecule has 0 saturated carbocycles. The maximum absolute atomic E-state index is 11.8. The molecule has 6 heteroatoms. The Bertz CT molecular complexity index is 818. The second kappa shape index (κ2) is 5.76. The smallest absolute Gasteiger partial charge is 0.179 e. The summed E-state index contributed by atoms with van der Waals surface area (Å²) in [6.45, 7) is 1.86. The molecule has 0 amide bonds. The molecular formula is C15H12ClNO3S. The van der Waals surface area contributed by atoms with E-state index in [2.05, 4.69) is 0 Å². The first-order valence-corrected chi connectivity index (χ1v) is 8.26. The Morgan fingerprint density at radius 3 is 2.48 bits per heavy atom. The van der Waals surface area contributed by atoms with E-state index in [4.69, 9.17) is 21.6 Å². The van der Waals surface area contributed by atoms with Gasteiger partial charge < -0.3 is 4.74 Å². The van der Waals surface area contributed by atoms with Crippen molar-refractivity contribution < 1.29 is 13.2 Å². The van der Waals surface area contributed by atoms with Crippen LogP contribution in [0.5, 0.6) is 11.5 Å².